The van der Waals surface area contributed by atoms with Crippen LogP contribution < -0.4 is 0 Å². The number of hydrogen-bond acceptors (Lipinski definition) is 8. The number of amides is 6. The summed E-state index contributed by atoms with van der Waals surface area (Å²) in [6.07, 6.45) is 5.67. The lowest BCUT2D eigenvalue weighted by Gasteiger charge is -2.22. The van der Waals surface area contributed by atoms with Gasteiger partial charge in [-0.15, -0.1) is 0 Å². The van der Waals surface area contributed by atoms with Crippen molar-refractivity contribution >= 4 is 67.7 Å². The first-order valence-electron chi connectivity index (χ1n) is 16.8. The first kappa shape index (κ1) is 37.2. The highest BCUT2D eigenvalue weighted by atomic mass is 79.9. The van der Waals surface area contributed by atoms with Crippen molar-refractivity contribution in [1.29, 1.82) is 0 Å². The van der Waals surface area contributed by atoms with Crippen LogP contribution in [-0.2, 0) is 41.7 Å². The van der Waals surface area contributed by atoms with Gasteiger partial charge in [-0.3, -0.25) is 29.0 Å². The Bertz CT molecular complexity index is 1480. The van der Waals surface area contributed by atoms with Crippen LogP contribution in [0, 0.1) is 0 Å². The summed E-state index contributed by atoms with van der Waals surface area (Å²) in [7, 11) is 0. The first-order valence-corrected chi connectivity index (χ1v) is 18.4. The molecule has 14 heteroatoms. The lowest BCUT2D eigenvalue weighted by molar-refractivity contribution is -0.144. The summed E-state index contributed by atoms with van der Waals surface area (Å²) in [5.41, 5.74) is 1.70. The second kappa shape index (κ2) is 17.8. The van der Waals surface area contributed by atoms with Crippen molar-refractivity contribution in [2.24, 2.45) is 0 Å². The summed E-state index contributed by atoms with van der Waals surface area (Å²) in [6.45, 7) is 0.771. The van der Waals surface area contributed by atoms with E-state index in [0.29, 0.717) is 25.7 Å². The number of cyclic esters (lactones) is 2. The highest BCUT2D eigenvalue weighted by molar-refractivity contribution is 9.10. The molecule has 0 radical (unpaired) electrons. The van der Waals surface area contributed by atoms with E-state index in [1.807, 2.05) is 48.5 Å². The second-order valence-corrected chi connectivity index (χ2v) is 14.2. The average molecular weight is 817 g/mol. The first-order chi connectivity index (χ1) is 24.1. The summed E-state index contributed by atoms with van der Waals surface area (Å²) in [5.74, 6) is -1.72. The van der Waals surface area contributed by atoms with Crippen molar-refractivity contribution in [3.8, 4) is 0 Å². The fourth-order valence-corrected chi connectivity index (χ4v) is 6.78. The Kier molecular flexibility index (Phi) is 13.2. The Morgan fingerprint density at radius 2 is 0.940 bits per heavy atom. The van der Waals surface area contributed by atoms with Crippen LogP contribution in [0.25, 0.3) is 0 Å². The third-order valence-electron chi connectivity index (χ3n) is 8.95. The number of carbonyl (C=O) groups excluding carboxylic acids is 6. The summed E-state index contributed by atoms with van der Waals surface area (Å²) >= 11 is 6.83. The molecule has 3 heterocycles. The molecule has 3 aliphatic heterocycles. The van der Waals surface area contributed by atoms with Gasteiger partial charge >= 0.3 is 24.0 Å². The van der Waals surface area contributed by atoms with Gasteiger partial charge in [0.05, 0.1) is 0 Å². The Morgan fingerprint density at radius 3 is 1.32 bits per heavy atom. The normalized spacial score (nSPS) is 22.8. The van der Waals surface area contributed by atoms with Crippen LogP contribution in [0.15, 0.2) is 69.6 Å². The van der Waals surface area contributed by atoms with E-state index in [2.05, 4.69) is 31.9 Å². The van der Waals surface area contributed by atoms with Gasteiger partial charge < -0.3 is 19.3 Å². The molecular weight excluding hydrogens is 776 g/mol. The van der Waals surface area contributed by atoms with Crippen LogP contribution in [0.4, 0.5) is 9.59 Å². The zero-order chi connectivity index (χ0) is 35.6. The number of halogens is 2. The van der Waals surface area contributed by atoms with Gasteiger partial charge in [0.25, 0.3) is 11.8 Å². The topological polar surface area (TPSA) is 134 Å². The maximum atomic E-state index is 13.5. The van der Waals surface area contributed by atoms with Crippen molar-refractivity contribution in [3.63, 3.8) is 0 Å². The molecule has 0 saturated carbocycles. The molecule has 5 rings (SSSR count). The quantitative estimate of drug-likeness (QED) is 0.210. The molecule has 4 bridgehead atoms. The van der Waals surface area contributed by atoms with E-state index >= 15 is 0 Å². The minimum absolute atomic E-state index is 0.0505. The van der Waals surface area contributed by atoms with E-state index in [1.54, 1.807) is 12.2 Å². The molecule has 0 aromatic heterocycles. The van der Waals surface area contributed by atoms with E-state index < -0.39 is 36.1 Å². The van der Waals surface area contributed by atoms with Gasteiger partial charge in [-0.25, -0.2) is 9.59 Å². The number of ether oxygens (including phenoxy) is 2. The van der Waals surface area contributed by atoms with Gasteiger partial charge in [0.1, 0.15) is 25.3 Å². The monoisotopic (exact) mass is 814 g/mol. The summed E-state index contributed by atoms with van der Waals surface area (Å²) in [6, 6.07) is 12.5. The summed E-state index contributed by atoms with van der Waals surface area (Å²) < 4.78 is 12.3. The molecule has 12 nitrogen and oxygen atoms in total. The van der Waals surface area contributed by atoms with E-state index in [1.165, 1.54) is 19.6 Å². The van der Waals surface area contributed by atoms with E-state index in [0.717, 1.165) is 20.1 Å². The van der Waals surface area contributed by atoms with Crippen LogP contribution in [0.5, 0.6) is 0 Å². The number of benzene rings is 2. The summed E-state index contributed by atoms with van der Waals surface area (Å²) in [4.78, 5) is 84.7. The van der Waals surface area contributed by atoms with Crippen LogP contribution in [0.3, 0.4) is 0 Å². The van der Waals surface area contributed by atoms with Crippen LogP contribution in [-0.4, -0.2) is 93.8 Å². The molecule has 50 heavy (non-hydrogen) atoms. The number of carbonyl (C=O) groups is 6. The van der Waals surface area contributed by atoms with Gasteiger partial charge in [0.15, 0.2) is 0 Å². The molecule has 2 unspecified atom stereocenters. The SMILES string of the molecule is O=C1CCC2C(=O)N(CCCCCCN3C(=O)C(CCC(=O)OC/C=C\CO1)N(Cc1ccc(Br)cc1)C3=O)C(=O)N2Cc1ccc(Br)cc1. The molecule has 2 atom stereocenters. The number of rotatable bonds is 4. The van der Waals surface area contributed by atoms with Crippen molar-refractivity contribution < 1.29 is 38.2 Å². The minimum Gasteiger partial charge on any atom is -0.461 e. The number of hydrogen-bond donors (Lipinski definition) is 0. The van der Waals surface area contributed by atoms with Crippen LogP contribution in [0.1, 0.15) is 62.5 Å². The van der Waals surface area contributed by atoms with Crippen LogP contribution >= 0.6 is 31.9 Å². The Morgan fingerprint density at radius 1 is 0.560 bits per heavy atom. The number of nitrogens with zero attached hydrogens (tertiary/aromatic N) is 4. The third kappa shape index (κ3) is 9.59. The van der Waals surface area contributed by atoms with Crippen LogP contribution in [0.2, 0.25) is 0 Å². The van der Waals surface area contributed by atoms with E-state index in [9.17, 15) is 28.8 Å². The highest BCUT2D eigenvalue weighted by Gasteiger charge is 2.46. The smallest absolute Gasteiger partial charge is 0.327 e. The number of esters is 2. The Labute approximate surface area is 308 Å². The fraction of sp³-hybridized carbons (Fsp3) is 0.444. The van der Waals surface area contributed by atoms with Crippen molar-refractivity contribution in [1.82, 2.24) is 19.6 Å². The van der Waals surface area contributed by atoms with Crippen molar-refractivity contribution in [3.05, 3.63) is 80.8 Å². The molecular formula is C36H40Br2N4O8. The highest BCUT2D eigenvalue weighted by Crippen LogP contribution is 2.27. The van der Waals surface area contributed by atoms with E-state index in [-0.39, 0.29) is 76.9 Å². The van der Waals surface area contributed by atoms with Gasteiger partial charge in [0.2, 0.25) is 0 Å². The minimum atomic E-state index is -0.806. The molecule has 6 amide bonds. The molecule has 266 valence electrons. The van der Waals surface area contributed by atoms with E-state index in [4.69, 9.17) is 9.47 Å². The predicted octanol–water partition coefficient (Wildman–Crippen LogP) is 5.95. The zero-order valence-electron chi connectivity index (χ0n) is 27.6. The van der Waals surface area contributed by atoms with Crippen molar-refractivity contribution in [2.75, 3.05) is 26.3 Å². The van der Waals surface area contributed by atoms with Gasteiger partial charge in [-0.1, -0.05) is 69.0 Å². The number of imide groups is 2. The molecule has 3 aliphatic rings. The third-order valence-corrected chi connectivity index (χ3v) is 10.0. The molecule has 0 N–H and O–H groups in total. The van der Waals surface area contributed by atoms with Gasteiger partial charge in [-0.2, -0.15) is 0 Å². The Balaban J connectivity index is 1.27. The number of fused-ring (bicyclic) bond motifs is 4. The lowest BCUT2D eigenvalue weighted by Crippen LogP contribution is -2.35. The predicted molar refractivity (Wildman–Crippen MR) is 189 cm³/mol. The summed E-state index contributed by atoms with van der Waals surface area (Å²) in [5, 5.41) is 0. The maximum Gasteiger partial charge on any atom is 0.327 e. The molecule has 2 fully saturated rings. The molecule has 0 spiro atoms. The average Bonchev–Trinajstić information content (AvgIpc) is 3.45. The Hall–Kier alpha value is -4.04. The standard InChI is InChI=1S/C36H40Br2N4O8/c37-27-11-7-25(8-12-27)23-41-29-15-17-31(43)49-21-5-6-22-50-32(44)18-16-30-34(46)40(20-4-2-1-3-19-39(33(29)45)35(41)47)36(48)42(30)24-26-9-13-28(38)14-10-26/h5-14,29-30H,1-4,15-24H2/b6-5-. The largest absolute Gasteiger partial charge is 0.461 e. The molecule has 2 saturated heterocycles. The molecule has 2 aromatic carbocycles. The van der Waals surface area contributed by atoms with Crippen molar-refractivity contribution in [2.45, 2.75) is 76.5 Å². The molecule has 2 aromatic rings. The maximum absolute atomic E-state index is 13.5. The second-order valence-electron chi connectivity index (χ2n) is 12.4. The van der Waals surface area contributed by atoms with Gasteiger partial charge in [0, 0.05) is 48.0 Å². The zero-order valence-corrected chi connectivity index (χ0v) is 30.8. The van der Waals surface area contributed by atoms with Gasteiger partial charge in [-0.05, 0) is 73.2 Å². The number of urea groups is 2. The molecule has 0 aliphatic carbocycles. The fourth-order valence-electron chi connectivity index (χ4n) is 6.26. The lowest BCUT2D eigenvalue weighted by atomic mass is 10.1.